The summed E-state index contributed by atoms with van der Waals surface area (Å²) >= 11 is 0.812. The summed E-state index contributed by atoms with van der Waals surface area (Å²) in [6, 6.07) is 2.23. The van der Waals surface area contributed by atoms with Crippen molar-refractivity contribution in [3.63, 3.8) is 0 Å². The topological polar surface area (TPSA) is 54.5 Å². The number of aromatic nitrogens is 4. The minimum Gasteiger partial charge on any atom is -0.249 e. The van der Waals surface area contributed by atoms with E-state index in [0.717, 1.165) is 17.8 Å². The van der Waals surface area contributed by atoms with Crippen LogP contribution in [0.3, 0.4) is 0 Å². The van der Waals surface area contributed by atoms with E-state index in [9.17, 15) is 13.2 Å². The summed E-state index contributed by atoms with van der Waals surface area (Å²) in [5.41, 5.74) is -0.775. The van der Waals surface area contributed by atoms with Gasteiger partial charge in [-0.1, -0.05) is 0 Å². The molecule has 1 N–H and O–H groups in total. The summed E-state index contributed by atoms with van der Waals surface area (Å²) in [4.78, 5) is 3.68. The molecule has 0 aliphatic rings. The van der Waals surface area contributed by atoms with Crippen molar-refractivity contribution in [3.05, 3.63) is 30.1 Å². The maximum atomic E-state index is 12.6. The number of rotatable bonds is 2. The molecule has 4 nitrogen and oxygen atoms in total. The van der Waals surface area contributed by atoms with E-state index in [-0.39, 0.29) is 5.03 Å². The number of nitrogens with zero attached hydrogens (tertiary/aromatic N) is 3. The lowest BCUT2D eigenvalue weighted by atomic mass is 10.3. The summed E-state index contributed by atoms with van der Waals surface area (Å²) in [6.45, 7) is 0. The molecule has 2 rings (SSSR count). The van der Waals surface area contributed by atoms with E-state index in [0.29, 0.717) is 5.03 Å². The van der Waals surface area contributed by atoms with Crippen LogP contribution in [0.4, 0.5) is 13.2 Å². The van der Waals surface area contributed by atoms with Crippen LogP contribution in [0.1, 0.15) is 5.56 Å². The first kappa shape index (κ1) is 10.9. The number of alkyl halides is 3. The van der Waals surface area contributed by atoms with Crippen LogP contribution in [0, 0.1) is 0 Å². The highest BCUT2D eigenvalue weighted by Gasteiger charge is 2.34. The van der Waals surface area contributed by atoms with Gasteiger partial charge in [0, 0.05) is 6.20 Å². The first-order chi connectivity index (χ1) is 7.57. The first-order valence-corrected chi connectivity index (χ1v) is 4.95. The summed E-state index contributed by atoms with van der Waals surface area (Å²) in [5, 5.41) is 9.68. The van der Waals surface area contributed by atoms with Crippen LogP contribution in [0.5, 0.6) is 0 Å². The molecule has 0 aliphatic heterocycles. The van der Waals surface area contributed by atoms with Crippen molar-refractivity contribution >= 4 is 11.8 Å². The van der Waals surface area contributed by atoms with Gasteiger partial charge in [-0.05, 0) is 23.9 Å². The number of nitrogens with one attached hydrogen (secondary N) is 1. The van der Waals surface area contributed by atoms with Crippen molar-refractivity contribution in [1.29, 1.82) is 0 Å². The molecule has 0 fully saturated rings. The molecule has 2 heterocycles. The van der Waals surface area contributed by atoms with E-state index in [2.05, 4.69) is 20.4 Å². The Labute approximate surface area is 92.3 Å². The van der Waals surface area contributed by atoms with Crippen LogP contribution < -0.4 is 0 Å². The van der Waals surface area contributed by atoms with Crippen molar-refractivity contribution in [2.75, 3.05) is 0 Å². The highest BCUT2D eigenvalue weighted by atomic mass is 32.2. The van der Waals surface area contributed by atoms with Gasteiger partial charge in [0.05, 0.1) is 11.8 Å². The van der Waals surface area contributed by atoms with E-state index in [1.807, 2.05) is 0 Å². The third kappa shape index (κ3) is 2.32. The number of H-pyrrole nitrogens is 1. The number of halogens is 3. The molecule has 84 valence electrons. The van der Waals surface area contributed by atoms with Crippen LogP contribution in [-0.2, 0) is 6.18 Å². The Bertz CT molecular complexity index is 468. The normalized spacial score (nSPS) is 11.7. The number of pyridine rings is 1. The lowest BCUT2D eigenvalue weighted by molar-refractivity contribution is -0.140. The van der Waals surface area contributed by atoms with Gasteiger partial charge < -0.3 is 0 Å². The maximum absolute atomic E-state index is 12.6. The van der Waals surface area contributed by atoms with E-state index < -0.39 is 11.7 Å². The Morgan fingerprint density at radius 2 is 2.12 bits per heavy atom. The second kappa shape index (κ2) is 4.12. The molecule has 0 aliphatic carbocycles. The second-order valence-corrected chi connectivity index (χ2v) is 3.77. The monoisotopic (exact) mass is 246 g/mol. The van der Waals surface area contributed by atoms with Crippen molar-refractivity contribution in [3.8, 4) is 0 Å². The zero-order valence-electron chi connectivity index (χ0n) is 7.69. The van der Waals surface area contributed by atoms with Crippen LogP contribution in [0.2, 0.25) is 0 Å². The van der Waals surface area contributed by atoms with Crippen LogP contribution in [0.15, 0.2) is 34.6 Å². The maximum Gasteiger partial charge on any atom is 0.419 e. The van der Waals surface area contributed by atoms with Crippen molar-refractivity contribution in [2.24, 2.45) is 0 Å². The summed E-state index contributed by atoms with van der Waals surface area (Å²) in [6.07, 6.45) is -1.78. The highest BCUT2D eigenvalue weighted by molar-refractivity contribution is 7.99. The Kier molecular flexibility index (Phi) is 2.82. The molecule has 2 aromatic rings. The molecule has 0 spiro atoms. The minimum atomic E-state index is -4.42. The molecule has 8 heteroatoms. The third-order valence-electron chi connectivity index (χ3n) is 1.67. The largest absolute Gasteiger partial charge is 0.419 e. The lowest BCUT2D eigenvalue weighted by Gasteiger charge is -2.09. The van der Waals surface area contributed by atoms with Crippen molar-refractivity contribution in [2.45, 2.75) is 16.2 Å². The van der Waals surface area contributed by atoms with Crippen molar-refractivity contribution in [1.82, 2.24) is 20.4 Å². The summed E-state index contributed by atoms with van der Waals surface area (Å²) in [7, 11) is 0. The summed E-state index contributed by atoms with van der Waals surface area (Å²) < 4.78 is 37.7. The molecule has 2 aromatic heterocycles. The van der Waals surface area contributed by atoms with Gasteiger partial charge in [0.25, 0.3) is 0 Å². The predicted molar refractivity (Wildman–Crippen MR) is 49.7 cm³/mol. The van der Waals surface area contributed by atoms with Crippen LogP contribution >= 0.6 is 11.8 Å². The molecular formula is C8H5F3N4S. The molecule has 0 radical (unpaired) electrons. The first-order valence-electron chi connectivity index (χ1n) is 4.13. The fourth-order valence-corrected chi connectivity index (χ4v) is 1.82. The van der Waals surface area contributed by atoms with E-state index >= 15 is 0 Å². The van der Waals surface area contributed by atoms with E-state index in [1.165, 1.54) is 18.5 Å². The predicted octanol–water partition coefficient (Wildman–Crippen LogP) is 2.37. The average molecular weight is 246 g/mol. The number of aromatic amines is 1. The molecule has 0 saturated heterocycles. The third-order valence-corrected chi connectivity index (χ3v) is 2.60. The van der Waals surface area contributed by atoms with Crippen molar-refractivity contribution < 1.29 is 13.2 Å². The van der Waals surface area contributed by atoms with Crippen LogP contribution in [-0.4, -0.2) is 20.4 Å². The fourth-order valence-electron chi connectivity index (χ4n) is 1.03. The van der Waals surface area contributed by atoms with Gasteiger partial charge in [0.15, 0.2) is 0 Å². The standard InChI is InChI=1S/C8H5F3N4S/c9-8(10,11)5-2-1-3-12-7(5)16-6-4-13-15-14-6/h1-4H,(H,13,14,15). The fraction of sp³-hybridized carbons (Fsp3) is 0.125. The smallest absolute Gasteiger partial charge is 0.249 e. The molecule has 0 saturated carbocycles. The molecule has 0 aromatic carbocycles. The highest BCUT2D eigenvalue weighted by Crippen LogP contribution is 2.37. The molecule has 16 heavy (non-hydrogen) atoms. The van der Waals surface area contributed by atoms with Gasteiger partial charge in [-0.2, -0.15) is 23.5 Å². The molecule has 0 bridgehead atoms. The van der Waals surface area contributed by atoms with Gasteiger partial charge in [0.1, 0.15) is 10.1 Å². The number of hydrogen-bond donors (Lipinski definition) is 1. The molecular weight excluding hydrogens is 241 g/mol. The van der Waals surface area contributed by atoms with Gasteiger partial charge in [-0.15, -0.1) is 5.10 Å². The molecule has 0 amide bonds. The van der Waals surface area contributed by atoms with E-state index in [1.54, 1.807) is 0 Å². The summed E-state index contributed by atoms with van der Waals surface area (Å²) in [5.74, 6) is 0. The minimum absolute atomic E-state index is 0.135. The Morgan fingerprint density at radius 3 is 2.75 bits per heavy atom. The Hall–Kier alpha value is -1.57. The van der Waals surface area contributed by atoms with Crippen LogP contribution in [0.25, 0.3) is 0 Å². The van der Waals surface area contributed by atoms with Gasteiger partial charge in [-0.25, -0.2) is 4.98 Å². The van der Waals surface area contributed by atoms with E-state index in [4.69, 9.17) is 0 Å². The Balaban J connectivity index is 2.34. The zero-order valence-corrected chi connectivity index (χ0v) is 8.51. The van der Waals surface area contributed by atoms with Gasteiger partial charge in [-0.3, -0.25) is 0 Å². The molecule has 0 atom stereocenters. The zero-order chi connectivity index (χ0) is 11.6. The average Bonchev–Trinajstić information content (AvgIpc) is 2.70. The second-order valence-electron chi connectivity index (χ2n) is 2.76. The quantitative estimate of drug-likeness (QED) is 0.883. The SMILES string of the molecule is FC(F)(F)c1cccnc1Sc1cn[nH]n1. The van der Waals surface area contributed by atoms with Gasteiger partial charge in [0.2, 0.25) is 0 Å². The molecule has 0 unspecified atom stereocenters. The number of hydrogen-bond acceptors (Lipinski definition) is 4. The van der Waals surface area contributed by atoms with Gasteiger partial charge >= 0.3 is 6.18 Å². The lowest BCUT2D eigenvalue weighted by Crippen LogP contribution is -2.07. The Morgan fingerprint density at radius 1 is 1.31 bits per heavy atom.